The van der Waals surface area contributed by atoms with E-state index in [0.29, 0.717) is 10.6 Å². The second-order valence-corrected chi connectivity index (χ2v) is 4.09. The van der Waals surface area contributed by atoms with E-state index in [-0.39, 0.29) is 17.4 Å². The summed E-state index contributed by atoms with van der Waals surface area (Å²) >= 11 is 5.79. The van der Waals surface area contributed by atoms with Crippen LogP contribution in [-0.2, 0) is 0 Å². The van der Waals surface area contributed by atoms with E-state index in [1.165, 1.54) is 4.90 Å². The van der Waals surface area contributed by atoms with Gasteiger partial charge in [0.25, 0.3) is 5.91 Å². The molecule has 1 heterocycles. The summed E-state index contributed by atoms with van der Waals surface area (Å²) in [6.45, 7) is 2.01. The number of thiocarbonyl (C=S) groups is 1. The Morgan fingerprint density at radius 2 is 2.36 bits per heavy atom. The van der Waals surface area contributed by atoms with Gasteiger partial charge in [0.05, 0.1) is 17.2 Å². The molecule has 5 nitrogen and oxygen atoms in total. The van der Waals surface area contributed by atoms with Crippen LogP contribution in [0.5, 0.6) is 0 Å². The maximum atomic E-state index is 11.7. The lowest BCUT2D eigenvalue weighted by Crippen LogP contribution is -2.34. The summed E-state index contributed by atoms with van der Waals surface area (Å²) in [6.07, 6.45) is 0. The van der Waals surface area contributed by atoms with Crippen molar-refractivity contribution in [2.75, 3.05) is 13.6 Å². The van der Waals surface area contributed by atoms with Crippen LogP contribution < -0.4 is 5.73 Å². The van der Waals surface area contributed by atoms with Crippen LogP contribution in [0.15, 0.2) is 0 Å². The van der Waals surface area contributed by atoms with Gasteiger partial charge in [-0.3, -0.25) is 4.79 Å². The molecule has 0 aliphatic heterocycles. The highest BCUT2D eigenvalue weighted by Gasteiger charge is 2.17. The van der Waals surface area contributed by atoms with E-state index >= 15 is 0 Å². The largest absolute Gasteiger partial charge is 0.392 e. The second-order valence-electron chi connectivity index (χ2n) is 2.81. The van der Waals surface area contributed by atoms with Crippen molar-refractivity contribution < 1.29 is 4.79 Å². The molecule has 0 unspecified atom stereocenters. The lowest BCUT2D eigenvalue weighted by atomic mass is 10.3. The summed E-state index contributed by atoms with van der Waals surface area (Å²) in [4.78, 5) is 14.0. The molecule has 0 aromatic carbocycles. The third kappa shape index (κ3) is 2.46. The molecule has 76 valence electrons. The minimum atomic E-state index is -0.148. The average Bonchev–Trinajstić information content (AvgIpc) is 2.48. The summed E-state index contributed by atoms with van der Waals surface area (Å²) in [7, 11) is 1.64. The fourth-order valence-electron chi connectivity index (χ4n) is 0.907. The van der Waals surface area contributed by atoms with E-state index in [1.807, 2.05) is 0 Å². The van der Waals surface area contributed by atoms with Crippen molar-refractivity contribution in [3.63, 3.8) is 0 Å². The Hall–Kier alpha value is -1.08. The number of hydrogen-bond acceptors (Lipinski definition) is 5. The lowest BCUT2D eigenvalue weighted by molar-refractivity contribution is 0.0819. The lowest BCUT2D eigenvalue weighted by Gasteiger charge is -2.14. The molecule has 0 saturated carbocycles. The van der Waals surface area contributed by atoms with Crippen LogP contribution in [0.2, 0.25) is 0 Å². The molecule has 0 radical (unpaired) electrons. The SMILES string of the molecule is Cc1nnsc1C(=O)N(C)CC(N)=S. The first-order valence-electron chi connectivity index (χ1n) is 3.85. The number of aromatic nitrogens is 2. The van der Waals surface area contributed by atoms with Gasteiger partial charge < -0.3 is 10.6 Å². The predicted octanol–water partition coefficient (Wildman–Crippen LogP) is 0.205. The minimum Gasteiger partial charge on any atom is -0.392 e. The Morgan fingerprint density at radius 3 is 2.79 bits per heavy atom. The van der Waals surface area contributed by atoms with E-state index in [1.54, 1.807) is 14.0 Å². The molecule has 1 rings (SSSR count). The topological polar surface area (TPSA) is 72.1 Å². The number of likely N-dealkylation sites (N-methyl/N-ethyl adjacent to an activating group) is 1. The zero-order valence-electron chi connectivity index (χ0n) is 7.85. The van der Waals surface area contributed by atoms with Crippen LogP contribution in [0.4, 0.5) is 0 Å². The standard InChI is InChI=1S/C7H10N4OS2/c1-4-6(14-10-9-4)7(12)11(2)3-5(8)13/h3H2,1-2H3,(H2,8,13). The van der Waals surface area contributed by atoms with Crippen LogP contribution in [0, 0.1) is 6.92 Å². The van der Waals surface area contributed by atoms with Gasteiger partial charge in [-0.25, -0.2) is 0 Å². The average molecular weight is 230 g/mol. The van der Waals surface area contributed by atoms with Gasteiger partial charge in [0.15, 0.2) is 0 Å². The molecule has 14 heavy (non-hydrogen) atoms. The third-order valence-electron chi connectivity index (χ3n) is 1.59. The van der Waals surface area contributed by atoms with Gasteiger partial charge in [0, 0.05) is 7.05 Å². The molecule has 1 aromatic rings. The highest BCUT2D eigenvalue weighted by atomic mass is 32.1. The highest BCUT2D eigenvalue weighted by molar-refractivity contribution is 7.80. The molecule has 0 bridgehead atoms. The number of nitrogens with two attached hydrogens (primary N) is 1. The van der Waals surface area contributed by atoms with Crippen molar-refractivity contribution >= 4 is 34.6 Å². The summed E-state index contributed by atoms with van der Waals surface area (Å²) in [6, 6.07) is 0. The van der Waals surface area contributed by atoms with E-state index in [0.717, 1.165) is 11.5 Å². The van der Waals surface area contributed by atoms with Crippen molar-refractivity contribution in [1.82, 2.24) is 14.5 Å². The zero-order chi connectivity index (χ0) is 10.7. The number of nitrogens with zero attached hydrogens (tertiary/aromatic N) is 3. The second kappa shape index (κ2) is 4.43. The number of rotatable bonds is 3. The van der Waals surface area contributed by atoms with E-state index in [9.17, 15) is 4.79 Å². The monoisotopic (exact) mass is 230 g/mol. The number of amides is 1. The van der Waals surface area contributed by atoms with Crippen molar-refractivity contribution in [3.05, 3.63) is 10.6 Å². The molecule has 7 heteroatoms. The normalized spacial score (nSPS) is 9.86. The van der Waals surface area contributed by atoms with Gasteiger partial charge in [-0.2, -0.15) is 0 Å². The molecule has 1 amide bonds. The number of carbonyl (C=O) groups is 1. The Kier molecular flexibility index (Phi) is 3.48. The van der Waals surface area contributed by atoms with Crippen molar-refractivity contribution in [1.29, 1.82) is 0 Å². The van der Waals surface area contributed by atoms with Crippen molar-refractivity contribution in [3.8, 4) is 0 Å². The van der Waals surface area contributed by atoms with Crippen molar-refractivity contribution in [2.45, 2.75) is 6.92 Å². The smallest absolute Gasteiger partial charge is 0.267 e. The Bertz CT molecular complexity index is 362. The molecular weight excluding hydrogens is 220 g/mol. The molecule has 2 N–H and O–H groups in total. The quantitative estimate of drug-likeness (QED) is 0.751. The predicted molar refractivity (Wildman–Crippen MR) is 58.4 cm³/mol. The minimum absolute atomic E-state index is 0.148. The van der Waals surface area contributed by atoms with Crippen LogP contribution in [0.3, 0.4) is 0 Å². The first-order chi connectivity index (χ1) is 6.52. The maximum absolute atomic E-state index is 11.7. The molecular formula is C7H10N4OS2. The van der Waals surface area contributed by atoms with E-state index in [4.69, 9.17) is 18.0 Å². The number of carbonyl (C=O) groups excluding carboxylic acids is 1. The Balaban J connectivity index is 2.76. The van der Waals surface area contributed by atoms with Gasteiger partial charge >= 0.3 is 0 Å². The summed E-state index contributed by atoms with van der Waals surface area (Å²) in [5.41, 5.74) is 5.97. The summed E-state index contributed by atoms with van der Waals surface area (Å²) in [5.74, 6) is -0.148. The van der Waals surface area contributed by atoms with E-state index in [2.05, 4.69) is 9.59 Å². The van der Waals surface area contributed by atoms with Gasteiger partial charge in [-0.05, 0) is 18.5 Å². The van der Waals surface area contributed by atoms with Crippen LogP contribution in [0.25, 0.3) is 0 Å². The highest BCUT2D eigenvalue weighted by Crippen LogP contribution is 2.11. The Labute approximate surface area is 91.1 Å². The van der Waals surface area contributed by atoms with Gasteiger partial charge in [-0.1, -0.05) is 16.7 Å². The molecule has 0 saturated heterocycles. The van der Waals surface area contributed by atoms with Crippen LogP contribution >= 0.6 is 23.8 Å². The molecule has 0 fully saturated rings. The van der Waals surface area contributed by atoms with Crippen LogP contribution in [-0.4, -0.2) is 39.0 Å². The third-order valence-corrected chi connectivity index (χ3v) is 2.53. The Morgan fingerprint density at radius 1 is 1.71 bits per heavy atom. The summed E-state index contributed by atoms with van der Waals surface area (Å²) in [5, 5.41) is 3.76. The van der Waals surface area contributed by atoms with Gasteiger partial charge in [0.1, 0.15) is 4.88 Å². The number of aryl methyl sites for hydroxylation is 1. The molecule has 0 aliphatic carbocycles. The van der Waals surface area contributed by atoms with Gasteiger partial charge in [0.2, 0.25) is 0 Å². The fraction of sp³-hybridized carbons (Fsp3) is 0.429. The zero-order valence-corrected chi connectivity index (χ0v) is 9.48. The molecule has 0 aliphatic rings. The van der Waals surface area contributed by atoms with Crippen LogP contribution in [0.1, 0.15) is 15.4 Å². The molecule has 0 atom stereocenters. The first-order valence-corrected chi connectivity index (χ1v) is 5.03. The van der Waals surface area contributed by atoms with E-state index < -0.39 is 0 Å². The van der Waals surface area contributed by atoms with Gasteiger partial charge in [-0.15, -0.1) is 5.10 Å². The number of hydrogen-bond donors (Lipinski definition) is 1. The molecule has 1 aromatic heterocycles. The first kappa shape index (κ1) is 11.0. The maximum Gasteiger partial charge on any atom is 0.267 e. The fourth-order valence-corrected chi connectivity index (χ4v) is 1.75. The molecule has 0 spiro atoms. The summed E-state index contributed by atoms with van der Waals surface area (Å²) < 4.78 is 3.68. The van der Waals surface area contributed by atoms with Crippen molar-refractivity contribution in [2.24, 2.45) is 5.73 Å².